The molecule has 104 heavy (non-hydrogen) atoms. The monoisotopic (exact) mass is 1320 g/mol. The van der Waals surface area contributed by atoms with Crippen LogP contribution in [0.5, 0.6) is 0 Å². The van der Waals surface area contributed by atoms with Crippen molar-refractivity contribution < 1.29 is 0 Å². The Morgan fingerprint density at radius 3 is 0.933 bits per heavy atom. The highest BCUT2D eigenvalue weighted by molar-refractivity contribution is 6.16. The molecule has 0 bridgehead atoms. The van der Waals surface area contributed by atoms with E-state index >= 15 is 0 Å². The van der Waals surface area contributed by atoms with Crippen LogP contribution in [-0.4, -0.2) is 18.3 Å². The first-order valence-electron chi connectivity index (χ1n) is 35.9. The van der Waals surface area contributed by atoms with Crippen molar-refractivity contribution in [1.82, 2.24) is 18.3 Å². The van der Waals surface area contributed by atoms with E-state index in [1.165, 1.54) is 158 Å². The summed E-state index contributed by atoms with van der Waals surface area (Å²) in [5.74, 6) is 0. The van der Waals surface area contributed by atoms with E-state index in [9.17, 15) is 0 Å². The first-order chi connectivity index (χ1) is 51.5. The summed E-state index contributed by atoms with van der Waals surface area (Å²) in [6.07, 6.45) is 0. The molecule has 482 valence electrons. The molecule has 0 radical (unpaired) electrons. The van der Waals surface area contributed by atoms with Crippen molar-refractivity contribution in [3.05, 3.63) is 376 Å². The zero-order valence-corrected chi connectivity index (χ0v) is 56.6. The Morgan fingerprint density at radius 2 is 0.423 bits per heavy atom. The molecule has 0 aliphatic heterocycles. The van der Waals surface area contributed by atoms with Gasteiger partial charge in [0.25, 0.3) is 0 Å². The Morgan fingerprint density at radius 1 is 0.125 bits per heavy atom. The quantitative estimate of drug-likeness (QED) is 0.137. The third-order valence-electron chi connectivity index (χ3n) is 22.3. The van der Waals surface area contributed by atoms with Gasteiger partial charge in [0.15, 0.2) is 0 Å². The zero-order valence-electron chi connectivity index (χ0n) is 56.6. The Balaban J connectivity index is 0.663. The van der Waals surface area contributed by atoms with E-state index in [1.807, 2.05) is 0 Å². The van der Waals surface area contributed by atoms with Gasteiger partial charge in [-0.25, -0.2) is 0 Å². The van der Waals surface area contributed by atoms with E-state index in [4.69, 9.17) is 0 Å². The first-order valence-corrected chi connectivity index (χ1v) is 35.9. The van der Waals surface area contributed by atoms with Crippen molar-refractivity contribution in [1.29, 1.82) is 0 Å². The number of hydrogen-bond donors (Lipinski definition) is 0. The lowest BCUT2D eigenvalue weighted by molar-refractivity contribution is 1.18. The molecule has 4 aromatic heterocycles. The van der Waals surface area contributed by atoms with Gasteiger partial charge in [0, 0.05) is 65.8 Å². The second-order valence-electron chi connectivity index (χ2n) is 28.0. The Labute approximate surface area is 599 Å². The molecule has 22 aromatic rings. The van der Waals surface area contributed by atoms with Crippen LogP contribution in [0.1, 0.15) is 0 Å². The number of para-hydroxylation sites is 4. The maximum atomic E-state index is 2.49. The molecule has 0 fully saturated rings. The van der Waals surface area contributed by atoms with E-state index in [-0.39, 0.29) is 0 Å². The van der Waals surface area contributed by atoms with E-state index in [0.717, 1.165) is 50.4 Å². The summed E-state index contributed by atoms with van der Waals surface area (Å²) in [6.45, 7) is 0. The highest BCUT2D eigenvalue weighted by atomic mass is 15.0. The van der Waals surface area contributed by atoms with Crippen LogP contribution in [0, 0.1) is 0 Å². The molecule has 18 aromatic carbocycles. The van der Waals surface area contributed by atoms with E-state index < -0.39 is 0 Å². The normalized spacial score (nSPS) is 12.0. The minimum absolute atomic E-state index is 1.12. The minimum atomic E-state index is 1.12. The third kappa shape index (κ3) is 9.12. The maximum absolute atomic E-state index is 2.49. The first kappa shape index (κ1) is 58.0. The molecule has 4 heterocycles. The van der Waals surface area contributed by atoms with Gasteiger partial charge in [0.2, 0.25) is 0 Å². The van der Waals surface area contributed by atoms with Crippen LogP contribution in [0.3, 0.4) is 0 Å². The second kappa shape index (κ2) is 22.9. The summed E-state index contributed by atoms with van der Waals surface area (Å²) in [5, 5.41) is 19.6. The van der Waals surface area contributed by atoms with Gasteiger partial charge < -0.3 is 18.3 Å². The minimum Gasteiger partial charge on any atom is -0.309 e. The van der Waals surface area contributed by atoms with Gasteiger partial charge in [0.1, 0.15) is 0 Å². The summed E-state index contributed by atoms with van der Waals surface area (Å²) < 4.78 is 9.78. The van der Waals surface area contributed by atoms with Crippen LogP contribution < -0.4 is 0 Å². The molecular formula is C100H62N4. The molecule has 0 saturated heterocycles. The van der Waals surface area contributed by atoms with Crippen molar-refractivity contribution in [2.45, 2.75) is 0 Å². The molecule has 0 N–H and O–H groups in total. The molecule has 0 aliphatic rings. The molecule has 0 atom stereocenters. The van der Waals surface area contributed by atoms with E-state index in [0.29, 0.717) is 0 Å². The van der Waals surface area contributed by atoms with Crippen molar-refractivity contribution in [2.75, 3.05) is 0 Å². The number of aromatic nitrogens is 4. The fourth-order valence-electron chi connectivity index (χ4n) is 17.3. The van der Waals surface area contributed by atoms with Crippen LogP contribution in [0.15, 0.2) is 376 Å². The Bertz CT molecular complexity index is 7340. The molecule has 0 aliphatic carbocycles. The predicted octanol–water partition coefficient (Wildman–Crippen LogP) is 27.0. The van der Waals surface area contributed by atoms with Crippen LogP contribution in [-0.2, 0) is 0 Å². The summed E-state index contributed by atoms with van der Waals surface area (Å²) in [5.41, 5.74) is 25.9. The van der Waals surface area contributed by atoms with Crippen LogP contribution in [0.25, 0.3) is 209 Å². The third-order valence-corrected chi connectivity index (χ3v) is 22.3. The zero-order chi connectivity index (χ0) is 68.1. The number of fused-ring (bicyclic) bond motifs is 16. The highest BCUT2D eigenvalue weighted by Crippen LogP contribution is 2.45. The largest absolute Gasteiger partial charge is 0.309 e. The number of hydrogen-bond acceptors (Lipinski definition) is 0. The highest BCUT2D eigenvalue weighted by Gasteiger charge is 2.22. The van der Waals surface area contributed by atoms with Gasteiger partial charge in [-0.3, -0.25) is 0 Å². The lowest BCUT2D eigenvalue weighted by Crippen LogP contribution is -1.95. The Hall–Kier alpha value is -13.8. The molecule has 4 heteroatoms. The van der Waals surface area contributed by atoms with Crippen molar-refractivity contribution in [3.63, 3.8) is 0 Å². The fraction of sp³-hybridized carbons (Fsp3) is 0. The van der Waals surface area contributed by atoms with Gasteiger partial charge >= 0.3 is 0 Å². The lowest BCUT2D eigenvalue weighted by atomic mass is 9.96. The summed E-state index contributed by atoms with van der Waals surface area (Å²) in [6, 6.07) is 140. The smallest absolute Gasteiger partial charge is 0.0547 e. The van der Waals surface area contributed by atoms with Gasteiger partial charge in [0.05, 0.1) is 44.1 Å². The van der Waals surface area contributed by atoms with Gasteiger partial charge in [-0.15, -0.1) is 0 Å². The fourth-order valence-corrected chi connectivity index (χ4v) is 17.3. The average molecular weight is 1320 g/mol. The molecule has 0 unspecified atom stereocenters. The molecule has 22 rings (SSSR count). The summed E-state index contributed by atoms with van der Waals surface area (Å²) in [4.78, 5) is 0. The SMILES string of the molecule is c1ccc(-n2c3ccccc3c3cc(-c4ccc5c(c4)c4ccc(-c6ccc7c8cc(-c9ccc%10c(c9)c9ccccc9n%10-c9ccc%10cc(-c%11cccc%12ccccc%11%12)ccc%10c9)ccc8n(-c8ccccc8)c7c6)cc4n5-c4ccc5cc(-c6ccc7ccccc7c6)ccc5c4)ccc32)cc1. The molecule has 0 spiro atoms. The van der Waals surface area contributed by atoms with Gasteiger partial charge in [-0.1, -0.05) is 237 Å². The molecule has 0 saturated carbocycles. The van der Waals surface area contributed by atoms with Crippen molar-refractivity contribution in [2.24, 2.45) is 0 Å². The molecular weight excluding hydrogens is 1260 g/mol. The van der Waals surface area contributed by atoms with Crippen molar-refractivity contribution >= 4 is 130 Å². The number of nitrogens with zero attached hydrogens (tertiary/aromatic N) is 4. The Kier molecular flexibility index (Phi) is 12.8. The standard InChI is InChI=1S/C100H62N4/c1-3-20-79(21-4-1)101-93-28-13-11-25-85(93)89-57-72(40-48-95(89)101)75-43-51-98-92(60-75)88-47-39-77(62-100(88)104(98)82-45-36-68-53-67(32-33-70(68)56-82)66-31-30-63-16-7-8-18-65(63)52-66)76-38-46-87-91-59-74(41-49-96(91)102(99(87)61-76)80-22-5-2-6-23-80)73-42-50-97-90(58-73)86-26-12-14-29-94(86)103(97)81-44-37-69-54-78(35-34-71(69)55-81)84-27-15-19-64-17-9-10-24-83(64)84/h1-62H. The second-order valence-corrected chi connectivity index (χ2v) is 28.0. The molecule has 0 amide bonds. The average Bonchev–Trinajstić information content (AvgIpc) is 1.57. The topological polar surface area (TPSA) is 19.7 Å². The van der Waals surface area contributed by atoms with Crippen LogP contribution >= 0.6 is 0 Å². The predicted molar refractivity (Wildman–Crippen MR) is 441 cm³/mol. The summed E-state index contributed by atoms with van der Waals surface area (Å²) in [7, 11) is 0. The van der Waals surface area contributed by atoms with E-state index in [1.54, 1.807) is 0 Å². The van der Waals surface area contributed by atoms with Gasteiger partial charge in [-0.2, -0.15) is 0 Å². The molecule has 4 nitrogen and oxygen atoms in total. The number of rotatable bonds is 9. The summed E-state index contributed by atoms with van der Waals surface area (Å²) >= 11 is 0. The van der Waals surface area contributed by atoms with Crippen molar-refractivity contribution in [3.8, 4) is 78.4 Å². The lowest BCUT2D eigenvalue weighted by Gasteiger charge is -2.12. The number of benzene rings is 18. The van der Waals surface area contributed by atoms with Gasteiger partial charge in [-0.05, 0) is 238 Å². The van der Waals surface area contributed by atoms with E-state index in [2.05, 4.69) is 394 Å². The van der Waals surface area contributed by atoms with Crippen LogP contribution in [0.2, 0.25) is 0 Å². The van der Waals surface area contributed by atoms with Crippen LogP contribution in [0.4, 0.5) is 0 Å². The maximum Gasteiger partial charge on any atom is 0.0547 e.